The molecule has 2 heterocycles. The molecule has 0 unspecified atom stereocenters. The smallest absolute Gasteiger partial charge is 0.251 e. The van der Waals surface area contributed by atoms with Crippen molar-refractivity contribution >= 4 is 27.4 Å². The lowest BCUT2D eigenvalue weighted by Gasteiger charge is -2.37. The molecule has 2 aliphatic heterocycles. The van der Waals surface area contributed by atoms with Gasteiger partial charge in [0.15, 0.2) is 0 Å². The molecule has 0 amide bonds. The number of ketones is 1. The van der Waals surface area contributed by atoms with Crippen LogP contribution in [0, 0.1) is 0 Å². The number of halogens is 1. The van der Waals surface area contributed by atoms with Crippen molar-refractivity contribution in [2.24, 2.45) is 5.10 Å². The highest BCUT2D eigenvalue weighted by Gasteiger charge is 2.43. The van der Waals surface area contributed by atoms with E-state index >= 15 is 0 Å². The van der Waals surface area contributed by atoms with Crippen LogP contribution in [0.2, 0.25) is 0 Å². The molecule has 2 aliphatic rings. The van der Waals surface area contributed by atoms with Crippen molar-refractivity contribution in [2.45, 2.75) is 18.7 Å². The van der Waals surface area contributed by atoms with Crippen LogP contribution in [-0.2, 0) is 0 Å². The Morgan fingerprint density at radius 2 is 1.80 bits per heavy atom. The summed E-state index contributed by atoms with van der Waals surface area (Å²) in [7, 11) is 1.60. The maximum absolute atomic E-state index is 13.4. The van der Waals surface area contributed by atoms with Gasteiger partial charge < -0.3 is 9.47 Å². The molecule has 0 N–H and O–H groups in total. The van der Waals surface area contributed by atoms with Crippen molar-refractivity contribution in [3.63, 3.8) is 0 Å². The maximum Gasteiger partial charge on any atom is 0.251 e. The van der Waals surface area contributed by atoms with Crippen LogP contribution >= 0.6 is 15.9 Å². The van der Waals surface area contributed by atoms with E-state index in [4.69, 9.17) is 14.6 Å². The molecule has 0 saturated heterocycles. The Kier molecular flexibility index (Phi) is 4.79. The van der Waals surface area contributed by atoms with Crippen molar-refractivity contribution in [1.82, 2.24) is 5.01 Å². The minimum Gasteiger partial charge on any atom is -0.497 e. The molecule has 3 aromatic carbocycles. The predicted molar refractivity (Wildman–Crippen MR) is 118 cm³/mol. The highest BCUT2D eigenvalue weighted by molar-refractivity contribution is 9.10. The Hall–Kier alpha value is -3.12. The molecule has 5 rings (SSSR count). The van der Waals surface area contributed by atoms with Gasteiger partial charge in [-0.2, -0.15) is 5.10 Å². The van der Waals surface area contributed by atoms with Crippen LogP contribution in [0.3, 0.4) is 0 Å². The molecular weight excluding hydrogens is 444 g/mol. The van der Waals surface area contributed by atoms with E-state index in [9.17, 15) is 4.79 Å². The summed E-state index contributed by atoms with van der Waals surface area (Å²) in [4.78, 5) is 13.4. The zero-order chi connectivity index (χ0) is 20.7. The minimum atomic E-state index is -0.814. The molecule has 3 aromatic rings. The highest BCUT2D eigenvalue weighted by Crippen LogP contribution is 2.43. The van der Waals surface area contributed by atoms with Gasteiger partial charge in [-0.15, -0.1) is 0 Å². The maximum atomic E-state index is 13.4. The molecule has 30 heavy (non-hydrogen) atoms. The lowest BCUT2D eigenvalue weighted by atomic mass is 9.96. The first-order chi connectivity index (χ1) is 14.6. The van der Waals surface area contributed by atoms with Crippen LogP contribution in [0.5, 0.6) is 11.5 Å². The molecule has 0 aliphatic carbocycles. The average molecular weight is 463 g/mol. The van der Waals surface area contributed by atoms with Crippen LogP contribution in [0.4, 0.5) is 0 Å². The van der Waals surface area contributed by atoms with Crippen LogP contribution in [-0.4, -0.2) is 29.8 Å². The van der Waals surface area contributed by atoms with Crippen molar-refractivity contribution < 1.29 is 14.3 Å². The Balaban J connectivity index is 1.53. The van der Waals surface area contributed by atoms with E-state index in [2.05, 4.69) is 15.9 Å². The monoisotopic (exact) mass is 462 g/mol. The lowest BCUT2D eigenvalue weighted by molar-refractivity contribution is -0.00455. The Labute approximate surface area is 183 Å². The fourth-order valence-corrected chi connectivity index (χ4v) is 4.19. The lowest BCUT2D eigenvalue weighted by Crippen LogP contribution is -2.45. The summed E-state index contributed by atoms with van der Waals surface area (Å²) in [6, 6.07) is 23.0. The number of Topliss-reactive ketones (excluding diaryl/α,β-unsaturated/α-hetero) is 1. The third-order valence-electron chi connectivity index (χ3n) is 5.48. The summed E-state index contributed by atoms with van der Waals surface area (Å²) in [6.07, 6.45) is -0.0970. The topological polar surface area (TPSA) is 51.1 Å². The summed E-state index contributed by atoms with van der Waals surface area (Å²) in [5.41, 5.74) is 3.60. The summed E-state index contributed by atoms with van der Waals surface area (Å²) >= 11 is 3.48. The Morgan fingerprint density at radius 3 is 2.53 bits per heavy atom. The van der Waals surface area contributed by atoms with Gasteiger partial charge in [-0.05, 0) is 48.0 Å². The van der Waals surface area contributed by atoms with Crippen molar-refractivity contribution in [3.8, 4) is 11.5 Å². The Bertz CT molecular complexity index is 1130. The van der Waals surface area contributed by atoms with E-state index in [1.165, 1.54) is 0 Å². The van der Waals surface area contributed by atoms with E-state index in [0.717, 1.165) is 27.1 Å². The Morgan fingerprint density at radius 1 is 1.07 bits per heavy atom. The first-order valence-electron chi connectivity index (χ1n) is 9.69. The normalized spacial score (nSPS) is 19.4. The highest BCUT2D eigenvalue weighted by atomic mass is 79.9. The fourth-order valence-electron chi connectivity index (χ4n) is 3.92. The van der Waals surface area contributed by atoms with Crippen molar-refractivity contribution in [2.75, 3.05) is 7.11 Å². The summed E-state index contributed by atoms with van der Waals surface area (Å²) in [5.74, 6) is 1.31. The van der Waals surface area contributed by atoms with Gasteiger partial charge in [0.2, 0.25) is 5.78 Å². The number of fused-ring (bicyclic) bond motifs is 3. The number of para-hydroxylation sites is 1. The number of rotatable bonds is 4. The van der Waals surface area contributed by atoms with Gasteiger partial charge in [-0.1, -0.05) is 46.3 Å². The predicted octanol–water partition coefficient (Wildman–Crippen LogP) is 5.21. The summed E-state index contributed by atoms with van der Waals surface area (Å²) in [6.45, 7) is 0. The number of carbonyl (C=O) groups is 1. The van der Waals surface area contributed by atoms with E-state index in [-0.39, 0.29) is 11.8 Å². The van der Waals surface area contributed by atoms with E-state index in [0.29, 0.717) is 17.7 Å². The summed E-state index contributed by atoms with van der Waals surface area (Å²) < 4.78 is 12.4. The fraction of sp³-hybridized carbons (Fsp3) is 0.167. The molecule has 0 bridgehead atoms. The quantitative estimate of drug-likeness (QED) is 0.499. The van der Waals surface area contributed by atoms with Crippen LogP contribution < -0.4 is 9.47 Å². The zero-order valence-electron chi connectivity index (χ0n) is 16.3. The molecular formula is C24H19BrN2O3. The number of nitrogens with zero attached hydrogens (tertiary/aromatic N) is 2. The molecule has 6 heteroatoms. The zero-order valence-corrected chi connectivity index (χ0v) is 17.9. The minimum absolute atomic E-state index is 0.0409. The first-order valence-corrected chi connectivity index (χ1v) is 10.5. The van der Waals surface area contributed by atoms with Gasteiger partial charge in [-0.25, -0.2) is 5.01 Å². The molecule has 150 valence electrons. The van der Waals surface area contributed by atoms with Gasteiger partial charge >= 0.3 is 0 Å². The number of ether oxygens (including phenoxy) is 2. The third kappa shape index (κ3) is 3.27. The molecule has 2 atom stereocenters. The molecule has 0 fully saturated rings. The number of benzene rings is 3. The van der Waals surface area contributed by atoms with Crippen LogP contribution in [0.25, 0.3) is 0 Å². The van der Waals surface area contributed by atoms with Gasteiger partial charge in [0.1, 0.15) is 11.5 Å². The van der Waals surface area contributed by atoms with E-state index in [1.54, 1.807) is 31.4 Å². The number of methoxy groups -OCH3 is 1. The van der Waals surface area contributed by atoms with Gasteiger partial charge in [-0.3, -0.25) is 4.79 Å². The van der Waals surface area contributed by atoms with Gasteiger partial charge in [0.25, 0.3) is 6.23 Å². The van der Waals surface area contributed by atoms with Gasteiger partial charge in [0, 0.05) is 22.0 Å². The number of hydrogen-bond donors (Lipinski definition) is 0. The molecule has 0 saturated carbocycles. The standard InChI is InChI=1S/C24H19BrN2O3/c1-29-18-12-8-16(9-13-18)23(28)24-27-21(19-4-2-3-5-22(19)30-24)14-20(26-27)15-6-10-17(25)11-7-15/h2-13,21,24H,14H2,1H3/t21-,24-/m1/s1. The first kappa shape index (κ1) is 18.9. The number of hydrogen-bond acceptors (Lipinski definition) is 5. The number of hydrazone groups is 1. The van der Waals surface area contributed by atoms with Crippen LogP contribution in [0.15, 0.2) is 82.4 Å². The number of carbonyl (C=O) groups excluding carboxylic acids is 1. The average Bonchev–Trinajstić information content (AvgIpc) is 3.24. The molecule has 0 spiro atoms. The van der Waals surface area contributed by atoms with Crippen LogP contribution in [0.1, 0.15) is 33.9 Å². The largest absolute Gasteiger partial charge is 0.497 e. The van der Waals surface area contributed by atoms with Gasteiger partial charge in [0.05, 0.1) is 18.9 Å². The van der Waals surface area contributed by atoms with E-state index in [1.807, 2.05) is 53.5 Å². The third-order valence-corrected chi connectivity index (χ3v) is 6.00. The molecule has 0 radical (unpaired) electrons. The molecule has 0 aromatic heterocycles. The van der Waals surface area contributed by atoms with Crippen molar-refractivity contribution in [3.05, 3.63) is 94.0 Å². The summed E-state index contributed by atoms with van der Waals surface area (Å²) in [5, 5.41) is 6.65. The van der Waals surface area contributed by atoms with Crippen molar-refractivity contribution in [1.29, 1.82) is 0 Å². The van der Waals surface area contributed by atoms with E-state index < -0.39 is 6.23 Å². The molecule has 5 nitrogen and oxygen atoms in total. The second kappa shape index (κ2) is 7.61. The SMILES string of the molecule is COc1ccc(C(=O)[C@H]2Oc3ccccc3[C@H]3CC(c4ccc(Br)cc4)=NN23)cc1. The second-order valence-electron chi connectivity index (χ2n) is 7.25. The second-order valence-corrected chi connectivity index (χ2v) is 8.17.